The van der Waals surface area contributed by atoms with Crippen molar-refractivity contribution >= 4 is 27.3 Å². The van der Waals surface area contributed by atoms with E-state index in [0.29, 0.717) is 6.04 Å². The number of aromatic nitrogens is 2. The fourth-order valence-corrected chi connectivity index (χ4v) is 3.40. The number of thiophene rings is 1. The molecule has 0 radical (unpaired) electrons. The Morgan fingerprint density at radius 3 is 2.94 bits per heavy atom. The lowest BCUT2D eigenvalue weighted by Crippen LogP contribution is -2.24. The van der Waals surface area contributed by atoms with E-state index >= 15 is 0 Å². The largest absolute Gasteiger partial charge is 0.338 e. The molecule has 0 spiro atoms. The first-order valence-corrected chi connectivity index (χ1v) is 7.81. The highest BCUT2D eigenvalue weighted by molar-refractivity contribution is 9.10. The molecule has 3 nitrogen and oxygen atoms in total. The highest BCUT2D eigenvalue weighted by atomic mass is 79.9. The number of hydrogen-bond acceptors (Lipinski definition) is 3. The summed E-state index contributed by atoms with van der Waals surface area (Å²) < 4.78 is 3.24. The number of halogens is 1. The van der Waals surface area contributed by atoms with Crippen molar-refractivity contribution in [3.05, 3.63) is 39.0 Å². The van der Waals surface area contributed by atoms with E-state index in [2.05, 4.69) is 49.2 Å². The zero-order valence-electron chi connectivity index (χ0n) is 10.7. The third-order valence-electron chi connectivity index (χ3n) is 2.88. The van der Waals surface area contributed by atoms with Gasteiger partial charge in [-0.25, -0.2) is 4.98 Å². The average Bonchev–Trinajstić information content (AvgIpc) is 2.94. The van der Waals surface area contributed by atoms with Gasteiger partial charge in [0.25, 0.3) is 0 Å². The molecule has 2 aromatic rings. The molecule has 1 atom stereocenters. The summed E-state index contributed by atoms with van der Waals surface area (Å²) >= 11 is 5.31. The van der Waals surface area contributed by atoms with Gasteiger partial charge in [0.1, 0.15) is 5.82 Å². The molecule has 0 bridgehead atoms. The van der Waals surface area contributed by atoms with Crippen molar-refractivity contribution < 1.29 is 0 Å². The molecule has 0 amide bonds. The van der Waals surface area contributed by atoms with Crippen LogP contribution in [0, 0.1) is 0 Å². The minimum Gasteiger partial charge on any atom is -0.338 e. The Balaban J connectivity index is 2.12. The Kier molecular flexibility index (Phi) is 4.97. The van der Waals surface area contributed by atoms with Crippen LogP contribution in [0.1, 0.15) is 30.1 Å². The van der Waals surface area contributed by atoms with Crippen molar-refractivity contribution in [1.29, 1.82) is 0 Å². The molecule has 0 saturated heterocycles. The van der Waals surface area contributed by atoms with Gasteiger partial charge in [-0.15, -0.1) is 11.3 Å². The Bertz CT molecular complexity index is 492. The number of nitrogens with zero attached hydrogens (tertiary/aromatic N) is 2. The molecular formula is C13H18BrN3S. The normalized spacial score (nSPS) is 12.8. The second kappa shape index (κ2) is 6.50. The van der Waals surface area contributed by atoms with Crippen LogP contribution in [0.5, 0.6) is 0 Å². The summed E-state index contributed by atoms with van der Waals surface area (Å²) in [6.45, 7) is 3.22. The van der Waals surface area contributed by atoms with Crippen LogP contribution in [-0.2, 0) is 13.5 Å². The van der Waals surface area contributed by atoms with Gasteiger partial charge in [0.2, 0.25) is 0 Å². The molecular weight excluding hydrogens is 310 g/mol. The van der Waals surface area contributed by atoms with Crippen molar-refractivity contribution in [3.8, 4) is 0 Å². The summed E-state index contributed by atoms with van der Waals surface area (Å²) in [5, 5.41) is 5.73. The fraction of sp³-hybridized carbons (Fsp3) is 0.462. The van der Waals surface area contributed by atoms with Crippen molar-refractivity contribution in [1.82, 2.24) is 14.9 Å². The number of aryl methyl sites for hydroxylation is 1. The second-order valence-electron chi connectivity index (χ2n) is 4.33. The lowest BCUT2D eigenvalue weighted by molar-refractivity contribution is 0.518. The van der Waals surface area contributed by atoms with Gasteiger partial charge >= 0.3 is 0 Å². The van der Waals surface area contributed by atoms with Crippen LogP contribution in [-0.4, -0.2) is 16.1 Å². The molecule has 0 aliphatic rings. The SMILES string of the molecule is CCCNC(Cc1nccn1C)c1cc(Br)cs1. The Labute approximate surface area is 120 Å². The Hall–Kier alpha value is -0.650. The fourth-order valence-electron chi connectivity index (χ4n) is 1.88. The quantitative estimate of drug-likeness (QED) is 0.879. The van der Waals surface area contributed by atoms with Crippen molar-refractivity contribution in [2.45, 2.75) is 25.8 Å². The molecule has 0 aromatic carbocycles. The van der Waals surface area contributed by atoms with Crippen molar-refractivity contribution in [2.24, 2.45) is 7.05 Å². The van der Waals surface area contributed by atoms with E-state index < -0.39 is 0 Å². The maximum absolute atomic E-state index is 4.41. The molecule has 0 fully saturated rings. The van der Waals surface area contributed by atoms with Crippen LogP contribution in [0.4, 0.5) is 0 Å². The summed E-state index contributed by atoms with van der Waals surface area (Å²) in [5.41, 5.74) is 0. The van der Waals surface area contributed by atoms with E-state index in [0.717, 1.165) is 29.7 Å². The summed E-state index contributed by atoms with van der Waals surface area (Å²) in [6, 6.07) is 2.54. The summed E-state index contributed by atoms with van der Waals surface area (Å²) in [6.07, 6.45) is 5.92. The zero-order chi connectivity index (χ0) is 13.0. The average molecular weight is 328 g/mol. The lowest BCUT2D eigenvalue weighted by atomic mass is 10.1. The van der Waals surface area contributed by atoms with E-state index in [1.165, 1.54) is 4.88 Å². The lowest BCUT2D eigenvalue weighted by Gasteiger charge is -2.16. The van der Waals surface area contributed by atoms with Crippen molar-refractivity contribution in [3.63, 3.8) is 0 Å². The van der Waals surface area contributed by atoms with Gasteiger partial charge in [0.15, 0.2) is 0 Å². The number of imidazole rings is 1. The Morgan fingerprint density at radius 1 is 1.56 bits per heavy atom. The van der Waals surface area contributed by atoms with Crippen LogP contribution in [0.3, 0.4) is 0 Å². The smallest absolute Gasteiger partial charge is 0.110 e. The van der Waals surface area contributed by atoms with Gasteiger partial charge < -0.3 is 9.88 Å². The molecule has 5 heteroatoms. The maximum Gasteiger partial charge on any atom is 0.110 e. The first kappa shape index (κ1) is 13.8. The maximum atomic E-state index is 4.41. The minimum absolute atomic E-state index is 0.349. The molecule has 0 aliphatic carbocycles. The van der Waals surface area contributed by atoms with Gasteiger partial charge in [0.05, 0.1) is 0 Å². The molecule has 18 heavy (non-hydrogen) atoms. The summed E-state index contributed by atoms with van der Waals surface area (Å²) in [4.78, 5) is 5.77. The molecule has 2 aromatic heterocycles. The first-order valence-electron chi connectivity index (χ1n) is 6.14. The van der Waals surface area contributed by atoms with Crippen LogP contribution in [0.25, 0.3) is 0 Å². The second-order valence-corrected chi connectivity index (χ2v) is 6.19. The molecule has 0 aliphatic heterocycles. The predicted molar refractivity (Wildman–Crippen MR) is 80.0 cm³/mol. The minimum atomic E-state index is 0.349. The predicted octanol–water partition coefficient (Wildman–Crippen LogP) is 3.53. The van der Waals surface area contributed by atoms with Gasteiger partial charge in [-0.05, 0) is 35.0 Å². The Morgan fingerprint density at radius 2 is 2.39 bits per heavy atom. The van der Waals surface area contributed by atoms with E-state index in [9.17, 15) is 0 Å². The molecule has 98 valence electrons. The third-order valence-corrected chi connectivity index (χ3v) is 4.69. The number of rotatable bonds is 6. The molecule has 1 N–H and O–H groups in total. The number of nitrogens with one attached hydrogen (secondary N) is 1. The molecule has 1 unspecified atom stereocenters. The number of hydrogen-bond donors (Lipinski definition) is 1. The van der Waals surface area contributed by atoms with Crippen LogP contribution in [0.2, 0.25) is 0 Å². The van der Waals surface area contributed by atoms with Crippen LogP contribution in [0.15, 0.2) is 28.3 Å². The summed E-state index contributed by atoms with van der Waals surface area (Å²) in [7, 11) is 2.05. The van der Waals surface area contributed by atoms with Crippen LogP contribution >= 0.6 is 27.3 Å². The highest BCUT2D eigenvalue weighted by Gasteiger charge is 2.15. The van der Waals surface area contributed by atoms with E-state index in [-0.39, 0.29) is 0 Å². The molecule has 2 rings (SSSR count). The van der Waals surface area contributed by atoms with E-state index in [1.54, 1.807) is 11.3 Å². The third kappa shape index (κ3) is 3.43. The van der Waals surface area contributed by atoms with Gasteiger partial charge in [-0.2, -0.15) is 0 Å². The highest BCUT2D eigenvalue weighted by Crippen LogP contribution is 2.27. The van der Waals surface area contributed by atoms with E-state index in [1.807, 2.05) is 19.4 Å². The standard InChI is InChI=1S/C13H18BrN3S/c1-3-4-15-11(12-7-10(14)9-18-12)8-13-16-5-6-17(13)2/h5-7,9,11,15H,3-4,8H2,1-2H3. The summed E-state index contributed by atoms with van der Waals surface area (Å²) in [5.74, 6) is 1.12. The first-order chi connectivity index (χ1) is 8.70. The van der Waals surface area contributed by atoms with Crippen molar-refractivity contribution in [2.75, 3.05) is 6.54 Å². The van der Waals surface area contributed by atoms with Gasteiger partial charge in [-0.1, -0.05) is 6.92 Å². The zero-order valence-corrected chi connectivity index (χ0v) is 13.1. The molecule has 0 saturated carbocycles. The molecule has 2 heterocycles. The van der Waals surface area contributed by atoms with Gasteiger partial charge in [0, 0.05) is 46.6 Å². The monoisotopic (exact) mass is 327 g/mol. The van der Waals surface area contributed by atoms with Gasteiger partial charge in [-0.3, -0.25) is 0 Å². The topological polar surface area (TPSA) is 29.9 Å². The van der Waals surface area contributed by atoms with E-state index in [4.69, 9.17) is 0 Å². The van der Waals surface area contributed by atoms with Crippen LogP contribution < -0.4 is 5.32 Å².